The molecule has 0 bridgehead atoms. The standard InChI is InChI=1S/C14H21N3O4/c1-15-6-3-7-16-12(14(20)21)9-13(19)17-10-4-2-5-11(18)8-10/h2,4-5,8,12,15-16,18H,3,6-7,9H2,1H3,(H,17,19)(H,20,21)/p+1/t12-/m0/s1. The topological polar surface area (TPSA) is 123 Å². The molecule has 21 heavy (non-hydrogen) atoms. The Kier molecular flexibility index (Phi) is 7.20. The SMILES string of the molecule is C[NH2+]CCC[NH2+][C@@H](CC(=O)Nc1cccc(O)c1)C(=O)[O-]. The van der Waals surface area contributed by atoms with Gasteiger partial charge in [-0.05, 0) is 12.1 Å². The van der Waals surface area contributed by atoms with Crippen LogP contribution in [0.4, 0.5) is 5.69 Å². The minimum atomic E-state index is -1.25. The number of hydrogen-bond donors (Lipinski definition) is 4. The number of rotatable bonds is 9. The zero-order valence-electron chi connectivity index (χ0n) is 12.0. The maximum Gasteiger partial charge on any atom is 0.230 e. The Morgan fingerprint density at radius 1 is 1.38 bits per heavy atom. The van der Waals surface area contributed by atoms with Crippen molar-refractivity contribution in [2.45, 2.75) is 18.9 Å². The Morgan fingerprint density at radius 3 is 2.76 bits per heavy atom. The quantitative estimate of drug-likeness (QED) is 0.362. The number of aliphatic carboxylic acids is 1. The molecule has 0 aromatic heterocycles. The molecule has 6 N–H and O–H groups in total. The van der Waals surface area contributed by atoms with E-state index < -0.39 is 17.9 Å². The van der Waals surface area contributed by atoms with E-state index in [1.54, 1.807) is 17.4 Å². The smallest absolute Gasteiger partial charge is 0.230 e. The predicted octanol–water partition coefficient (Wildman–Crippen LogP) is -3.01. The number of benzene rings is 1. The first kappa shape index (κ1) is 16.9. The van der Waals surface area contributed by atoms with E-state index in [1.807, 2.05) is 12.4 Å². The highest BCUT2D eigenvalue weighted by atomic mass is 16.4. The van der Waals surface area contributed by atoms with E-state index in [-0.39, 0.29) is 12.2 Å². The van der Waals surface area contributed by atoms with Gasteiger partial charge in [-0.2, -0.15) is 0 Å². The Labute approximate surface area is 123 Å². The molecule has 7 nitrogen and oxygen atoms in total. The summed E-state index contributed by atoms with van der Waals surface area (Å²) in [4.78, 5) is 22.9. The first-order valence-corrected chi connectivity index (χ1v) is 6.94. The van der Waals surface area contributed by atoms with E-state index >= 15 is 0 Å². The Balaban J connectivity index is 2.46. The Morgan fingerprint density at radius 2 is 2.14 bits per heavy atom. The van der Waals surface area contributed by atoms with Gasteiger partial charge in [0.25, 0.3) is 0 Å². The number of nitrogens with two attached hydrogens (primary N) is 2. The van der Waals surface area contributed by atoms with Gasteiger partial charge in [-0.3, -0.25) is 4.79 Å². The number of phenols is 1. The molecule has 0 aliphatic heterocycles. The number of anilines is 1. The van der Waals surface area contributed by atoms with Crippen molar-refractivity contribution in [3.05, 3.63) is 24.3 Å². The largest absolute Gasteiger partial charge is 0.544 e. The predicted molar refractivity (Wildman–Crippen MR) is 74.3 cm³/mol. The molecule has 0 saturated heterocycles. The van der Waals surface area contributed by atoms with Crippen LogP contribution in [0, 0.1) is 0 Å². The Hall–Kier alpha value is -2.12. The van der Waals surface area contributed by atoms with Crippen LogP contribution in [0.1, 0.15) is 12.8 Å². The fourth-order valence-electron chi connectivity index (χ4n) is 1.90. The van der Waals surface area contributed by atoms with E-state index in [9.17, 15) is 19.8 Å². The van der Waals surface area contributed by atoms with E-state index in [1.165, 1.54) is 12.1 Å². The molecule has 0 aliphatic carbocycles. The monoisotopic (exact) mass is 296 g/mol. The average molecular weight is 296 g/mol. The van der Waals surface area contributed by atoms with Gasteiger partial charge in [-0.1, -0.05) is 6.07 Å². The third kappa shape index (κ3) is 6.73. The molecule has 0 heterocycles. The van der Waals surface area contributed by atoms with Crippen molar-refractivity contribution in [1.82, 2.24) is 0 Å². The van der Waals surface area contributed by atoms with Crippen LogP contribution in [-0.2, 0) is 9.59 Å². The minimum absolute atomic E-state index is 0.0339. The second-order valence-corrected chi connectivity index (χ2v) is 4.80. The molecule has 1 rings (SSSR count). The Bertz CT molecular complexity index is 479. The van der Waals surface area contributed by atoms with Crippen LogP contribution in [-0.4, -0.2) is 43.2 Å². The van der Waals surface area contributed by atoms with Crippen LogP contribution in [0.3, 0.4) is 0 Å². The maximum atomic E-state index is 11.8. The molecule has 0 spiro atoms. The zero-order chi connectivity index (χ0) is 15.7. The van der Waals surface area contributed by atoms with Crippen LogP contribution in [0.25, 0.3) is 0 Å². The first-order chi connectivity index (χ1) is 10.0. The molecule has 1 atom stereocenters. The highest BCUT2D eigenvalue weighted by Crippen LogP contribution is 2.15. The van der Waals surface area contributed by atoms with Gasteiger partial charge in [0.1, 0.15) is 11.8 Å². The molecular formula is C14H22N3O4+. The summed E-state index contributed by atoms with van der Waals surface area (Å²) in [5.41, 5.74) is 0.428. The molecule has 0 radical (unpaired) electrons. The highest BCUT2D eigenvalue weighted by molar-refractivity contribution is 5.93. The second-order valence-electron chi connectivity index (χ2n) is 4.80. The van der Waals surface area contributed by atoms with Crippen molar-refractivity contribution in [2.24, 2.45) is 0 Å². The van der Waals surface area contributed by atoms with Crippen molar-refractivity contribution < 1.29 is 30.4 Å². The van der Waals surface area contributed by atoms with Gasteiger partial charge < -0.3 is 31.0 Å². The molecular weight excluding hydrogens is 274 g/mol. The van der Waals surface area contributed by atoms with Crippen molar-refractivity contribution in [3.8, 4) is 5.75 Å². The van der Waals surface area contributed by atoms with Crippen LogP contribution < -0.4 is 21.1 Å². The third-order valence-electron chi connectivity index (χ3n) is 2.99. The van der Waals surface area contributed by atoms with Crippen LogP contribution in [0.2, 0.25) is 0 Å². The van der Waals surface area contributed by atoms with Crippen molar-refractivity contribution in [1.29, 1.82) is 0 Å². The van der Waals surface area contributed by atoms with Crippen molar-refractivity contribution in [2.75, 3.05) is 25.5 Å². The van der Waals surface area contributed by atoms with Crippen molar-refractivity contribution in [3.63, 3.8) is 0 Å². The molecule has 0 saturated carbocycles. The van der Waals surface area contributed by atoms with E-state index in [2.05, 4.69) is 5.32 Å². The van der Waals surface area contributed by atoms with Gasteiger partial charge in [-0.15, -0.1) is 0 Å². The minimum Gasteiger partial charge on any atom is -0.544 e. The molecule has 1 amide bonds. The molecule has 0 unspecified atom stereocenters. The van der Waals surface area contributed by atoms with E-state index in [4.69, 9.17) is 0 Å². The number of quaternary nitrogens is 2. The second kappa shape index (κ2) is 8.93. The van der Waals surface area contributed by atoms with Gasteiger partial charge in [0.05, 0.1) is 32.5 Å². The summed E-state index contributed by atoms with van der Waals surface area (Å²) in [7, 11) is 1.94. The zero-order valence-corrected chi connectivity index (χ0v) is 12.0. The van der Waals surface area contributed by atoms with Crippen molar-refractivity contribution >= 4 is 17.6 Å². The lowest BCUT2D eigenvalue weighted by Gasteiger charge is -2.16. The lowest BCUT2D eigenvalue weighted by atomic mass is 10.2. The van der Waals surface area contributed by atoms with Crippen LogP contribution in [0.5, 0.6) is 5.75 Å². The number of carboxylic acid groups (broad SMARTS) is 1. The fraction of sp³-hybridized carbons (Fsp3) is 0.429. The summed E-state index contributed by atoms with van der Waals surface area (Å²) in [6.45, 7) is 1.54. The number of phenolic OH excluding ortho intramolecular Hbond substituents is 1. The summed E-state index contributed by atoms with van der Waals surface area (Å²) in [5, 5.41) is 26.5. The molecule has 116 valence electrons. The maximum absolute atomic E-state index is 11.8. The van der Waals surface area contributed by atoms with Gasteiger partial charge in [-0.25, -0.2) is 0 Å². The van der Waals surface area contributed by atoms with Crippen LogP contribution >= 0.6 is 0 Å². The number of amides is 1. The van der Waals surface area contributed by atoms with Gasteiger partial charge >= 0.3 is 0 Å². The van der Waals surface area contributed by atoms with E-state index in [0.29, 0.717) is 12.2 Å². The third-order valence-corrected chi connectivity index (χ3v) is 2.99. The summed E-state index contributed by atoms with van der Waals surface area (Å²) in [5.74, 6) is -1.64. The summed E-state index contributed by atoms with van der Waals surface area (Å²) in [6.07, 6.45) is 0.683. The fourth-order valence-corrected chi connectivity index (χ4v) is 1.90. The van der Waals surface area contributed by atoms with Crippen LogP contribution in [0.15, 0.2) is 24.3 Å². The number of hydrogen-bond acceptors (Lipinski definition) is 4. The van der Waals surface area contributed by atoms with Gasteiger partial charge in [0.2, 0.25) is 5.91 Å². The number of carbonyl (C=O) groups is 2. The highest BCUT2D eigenvalue weighted by Gasteiger charge is 2.18. The van der Waals surface area contributed by atoms with E-state index in [0.717, 1.165) is 13.0 Å². The molecule has 7 heteroatoms. The summed E-state index contributed by atoms with van der Waals surface area (Å²) >= 11 is 0. The number of carbonyl (C=O) groups excluding carboxylic acids is 2. The first-order valence-electron chi connectivity index (χ1n) is 6.94. The summed E-state index contributed by atoms with van der Waals surface area (Å²) in [6, 6.07) is 5.19. The molecule has 1 aromatic carbocycles. The number of nitrogens with one attached hydrogen (secondary N) is 1. The average Bonchev–Trinajstić information content (AvgIpc) is 2.42. The lowest BCUT2D eigenvalue weighted by molar-refractivity contribution is -0.692. The summed E-state index contributed by atoms with van der Waals surface area (Å²) < 4.78 is 0. The van der Waals surface area contributed by atoms with Gasteiger partial charge in [0.15, 0.2) is 0 Å². The normalized spacial score (nSPS) is 11.9. The molecule has 0 aliphatic rings. The molecule has 0 fully saturated rings. The number of carboxylic acids is 1. The number of aromatic hydroxyl groups is 1. The molecule has 1 aromatic rings. The van der Waals surface area contributed by atoms with Gasteiger partial charge in [0, 0.05) is 18.2 Å². The lowest BCUT2D eigenvalue weighted by Crippen LogP contribution is -2.94.